The van der Waals surface area contributed by atoms with E-state index in [4.69, 9.17) is 4.74 Å². The van der Waals surface area contributed by atoms with Gasteiger partial charge in [-0.1, -0.05) is 13.8 Å². The summed E-state index contributed by atoms with van der Waals surface area (Å²) in [5.74, 6) is 0.694. The lowest BCUT2D eigenvalue weighted by molar-refractivity contribution is 0.226. The molecule has 2 heteroatoms. The van der Waals surface area contributed by atoms with Crippen LogP contribution in [0.15, 0.2) is 12.5 Å². The minimum Gasteiger partial charge on any atom is -0.483 e. The van der Waals surface area contributed by atoms with Crippen LogP contribution in [0, 0.1) is 0 Å². The molecule has 0 radical (unpaired) electrons. The van der Waals surface area contributed by atoms with Crippen LogP contribution >= 0.6 is 0 Å². The van der Waals surface area contributed by atoms with Crippen LogP contribution in [0.2, 0.25) is 0 Å². The summed E-state index contributed by atoms with van der Waals surface area (Å²) >= 11 is 0. The second kappa shape index (κ2) is 6.08. The summed E-state index contributed by atoms with van der Waals surface area (Å²) in [5, 5.41) is 3.15. The third-order valence-electron chi connectivity index (χ3n) is 1.72. The summed E-state index contributed by atoms with van der Waals surface area (Å²) < 4.78 is 4.85. The molecule has 0 aromatic rings. The van der Waals surface area contributed by atoms with Crippen LogP contribution in [0.4, 0.5) is 0 Å². The molecular formula is C9H21NO. The molecule has 2 nitrogen and oxygen atoms in total. The fourth-order valence-electron chi connectivity index (χ4n) is 0.839. The molecule has 68 valence electrons. The Kier molecular flexibility index (Phi) is 5.71. The van der Waals surface area contributed by atoms with Crippen molar-refractivity contribution in [3.63, 3.8) is 0 Å². The van der Waals surface area contributed by atoms with Crippen LogP contribution in [0.5, 0.6) is 0 Å². The van der Waals surface area contributed by atoms with E-state index >= 15 is 0 Å². The van der Waals surface area contributed by atoms with Crippen molar-refractivity contribution in [2.24, 2.45) is 0 Å². The second-order valence-corrected chi connectivity index (χ2v) is 2.40. The quantitative estimate of drug-likeness (QED) is 0.639. The fraction of sp³-hybridized carbons (Fsp3) is 0.778. The second-order valence-electron chi connectivity index (χ2n) is 2.40. The largest absolute Gasteiger partial charge is 0.483 e. The van der Waals surface area contributed by atoms with Gasteiger partial charge in [0.1, 0.15) is 0 Å². The Hall–Kier alpha value is -0.660. The zero-order chi connectivity index (χ0) is 8.69. The van der Waals surface area contributed by atoms with Gasteiger partial charge >= 0.3 is 0 Å². The normalized spacial score (nSPS) is 15.5. The highest BCUT2D eigenvalue weighted by Gasteiger charge is 2.16. The lowest BCUT2D eigenvalue weighted by atomic mass is 9.93. The molecule has 0 saturated heterocycles. The van der Waals surface area contributed by atoms with Gasteiger partial charge in [-0.05, 0) is 25.8 Å². The standard InChI is InChI=1S/C7H13NO.C2H6.H2/c1-6(9-2)8-7-4-3-5-7;1-2;/h7-8H,1,3-5H2,2H3;1-2H3;1H. The zero-order valence-corrected chi connectivity index (χ0v) is 7.81. The smallest absolute Gasteiger partial charge is 0.179 e. The van der Waals surface area contributed by atoms with Crippen LogP contribution in [0.25, 0.3) is 0 Å². The van der Waals surface area contributed by atoms with Gasteiger partial charge in [0.2, 0.25) is 0 Å². The summed E-state index contributed by atoms with van der Waals surface area (Å²) in [7, 11) is 1.63. The highest BCUT2D eigenvalue weighted by molar-refractivity contribution is 4.87. The highest BCUT2D eigenvalue weighted by atomic mass is 16.5. The van der Waals surface area contributed by atoms with Crippen LogP contribution in [-0.2, 0) is 4.74 Å². The maximum absolute atomic E-state index is 4.85. The highest BCUT2D eigenvalue weighted by Crippen LogP contribution is 2.18. The molecule has 1 fully saturated rings. The summed E-state index contributed by atoms with van der Waals surface area (Å²) in [4.78, 5) is 0. The molecule has 0 aromatic heterocycles. The summed E-state index contributed by atoms with van der Waals surface area (Å²) in [6.45, 7) is 7.66. The molecule has 0 aromatic carbocycles. The van der Waals surface area contributed by atoms with Crippen LogP contribution in [0.1, 0.15) is 34.5 Å². The molecule has 0 unspecified atom stereocenters. The van der Waals surface area contributed by atoms with Crippen molar-refractivity contribution in [3.8, 4) is 0 Å². The number of hydrogen-bond donors (Lipinski definition) is 1. The fourth-order valence-corrected chi connectivity index (χ4v) is 0.839. The van der Waals surface area contributed by atoms with E-state index in [9.17, 15) is 0 Å². The number of hydrogen-bond acceptors (Lipinski definition) is 2. The molecule has 0 bridgehead atoms. The van der Waals surface area contributed by atoms with Gasteiger partial charge in [-0.15, -0.1) is 0 Å². The van der Waals surface area contributed by atoms with E-state index in [1.165, 1.54) is 19.3 Å². The molecule has 1 rings (SSSR count). The summed E-state index contributed by atoms with van der Waals surface area (Å²) in [5.41, 5.74) is 0. The van der Waals surface area contributed by atoms with Crippen molar-refractivity contribution in [2.45, 2.75) is 39.2 Å². The van der Waals surface area contributed by atoms with Gasteiger partial charge in [0.25, 0.3) is 0 Å². The molecule has 0 spiro atoms. The molecule has 0 atom stereocenters. The van der Waals surface area contributed by atoms with Gasteiger partial charge < -0.3 is 10.1 Å². The van der Waals surface area contributed by atoms with Crippen LogP contribution in [-0.4, -0.2) is 13.2 Å². The topological polar surface area (TPSA) is 21.3 Å². The van der Waals surface area contributed by atoms with Crippen molar-refractivity contribution in [2.75, 3.05) is 7.11 Å². The van der Waals surface area contributed by atoms with Crippen molar-refractivity contribution < 1.29 is 6.16 Å². The number of methoxy groups -OCH3 is 1. The third-order valence-corrected chi connectivity index (χ3v) is 1.72. The molecule has 1 N–H and O–H groups in total. The molecule has 1 saturated carbocycles. The van der Waals surface area contributed by atoms with Gasteiger partial charge in [-0.3, -0.25) is 0 Å². The van der Waals surface area contributed by atoms with E-state index in [-0.39, 0.29) is 1.43 Å². The maximum atomic E-state index is 4.85. The van der Waals surface area contributed by atoms with Gasteiger partial charge in [0, 0.05) is 7.47 Å². The predicted octanol–water partition coefficient (Wildman–Crippen LogP) is 2.52. The first-order valence-electron chi connectivity index (χ1n) is 4.32. The van der Waals surface area contributed by atoms with Gasteiger partial charge in [0.15, 0.2) is 5.88 Å². The van der Waals surface area contributed by atoms with Crippen LogP contribution in [0.3, 0.4) is 0 Å². The van der Waals surface area contributed by atoms with Gasteiger partial charge in [0.05, 0.1) is 7.11 Å². The number of nitrogens with one attached hydrogen (secondary N) is 1. The molecule has 1 aliphatic rings. The predicted molar refractivity (Wildman–Crippen MR) is 50.4 cm³/mol. The zero-order valence-electron chi connectivity index (χ0n) is 7.81. The SMILES string of the molecule is C=C(NC1CCC1)OC.CC.[HH]. The van der Waals surface area contributed by atoms with E-state index < -0.39 is 0 Å². The van der Waals surface area contributed by atoms with E-state index in [0.717, 1.165) is 0 Å². The Labute approximate surface area is 71.1 Å². The average Bonchev–Trinajstić information content (AvgIpc) is 2.00. The number of rotatable bonds is 3. The minimum absolute atomic E-state index is 0. The first-order valence-corrected chi connectivity index (χ1v) is 4.32. The summed E-state index contributed by atoms with van der Waals surface area (Å²) in [6.07, 6.45) is 3.87. The molecule has 0 aliphatic heterocycles. The van der Waals surface area contributed by atoms with E-state index in [1.807, 2.05) is 13.8 Å². The molecular weight excluding hydrogens is 138 g/mol. The monoisotopic (exact) mass is 159 g/mol. The average molecular weight is 159 g/mol. The van der Waals surface area contributed by atoms with Crippen molar-refractivity contribution in [1.82, 2.24) is 5.32 Å². The Morgan fingerprint density at radius 2 is 2.09 bits per heavy atom. The van der Waals surface area contributed by atoms with Gasteiger partial charge in [-0.25, -0.2) is 0 Å². The number of ether oxygens (including phenoxy) is 1. The van der Waals surface area contributed by atoms with Crippen molar-refractivity contribution >= 4 is 0 Å². The Morgan fingerprint density at radius 1 is 1.55 bits per heavy atom. The van der Waals surface area contributed by atoms with E-state index in [1.54, 1.807) is 7.11 Å². The van der Waals surface area contributed by atoms with Crippen molar-refractivity contribution in [3.05, 3.63) is 12.5 Å². The molecule has 0 amide bonds. The minimum atomic E-state index is 0. The van der Waals surface area contributed by atoms with Gasteiger partial charge in [-0.2, -0.15) is 0 Å². The first-order chi connectivity index (χ1) is 5.33. The maximum Gasteiger partial charge on any atom is 0.179 e. The lowest BCUT2D eigenvalue weighted by Crippen LogP contribution is -2.34. The van der Waals surface area contributed by atoms with Crippen molar-refractivity contribution in [1.29, 1.82) is 0 Å². The van der Waals surface area contributed by atoms with Crippen LogP contribution < -0.4 is 5.32 Å². The molecule has 0 heterocycles. The Balaban J connectivity index is 0. The van der Waals surface area contributed by atoms with E-state index in [0.29, 0.717) is 11.9 Å². The van der Waals surface area contributed by atoms with E-state index in [2.05, 4.69) is 11.9 Å². The Morgan fingerprint density at radius 3 is 2.36 bits per heavy atom. The molecule has 11 heavy (non-hydrogen) atoms. The third kappa shape index (κ3) is 3.91. The lowest BCUT2D eigenvalue weighted by Gasteiger charge is -2.27. The summed E-state index contributed by atoms with van der Waals surface area (Å²) in [6, 6.07) is 0.637. The first kappa shape index (κ1) is 10.3. The Bertz CT molecular complexity index is 113. The molecule has 1 aliphatic carbocycles.